The number of piperidine rings is 1. The molecule has 0 radical (unpaired) electrons. The normalized spacial score (nSPS) is 20.6. The molecule has 2 atom stereocenters. The number of alkyl halides is 3. The van der Waals surface area contributed by atoms with Gasteiger partial charge in [0.25, 0.3) is 5.91 Å². The molecule has 2 unspecified atom stereocenters. The van der Waals surface area contributed by atoms with Gasteiger partial charge in [0.1, 0.15) is 17.1 Å². The lowest BCUT2D eigenvalue weighted by Gasteiger charge is -2.30. The maximum Gasteiger partial charge on any atom is 0.421 e. The summed E-state index contributed by atoms with van der Waals surface area (Å²) in [5, 5.41) is 8.84. The number of nitrogens with one attached hydrogen (secondary N) is 4. The molecule has 232 valence electrons. The van der Waals surface area contributed by atoms with Gasteiger partial charge in [0.05, 0.1) is 18.6 Å². The van der Waals surface area contributed by atoms with Gasteiger partial charge in [0, 0.05) is 23.8 Å². The molecule has 1 aromatic carbocycles. The molecule has 2 aromatic rings. The third-order valence-corrected chi connectivity index (χ3v) is 9.28. The number of amides is 1. The highest BCUT2D eigenvalue weighted by molar-refractivity contribution is 7.89. The molecule has 2 heterocycles. The van der Waals surface area contributed by atoms with E-state index >= 15 is 0 Å². The van der Waals surface area contributed by atoms with Gasteiger partial charge in [-0.3, -0.25) is 4.79 Å². The fourth-order valence-corrected chi connectivity index (χ4v) is 6.49. The van der Waals surface area contributed by atoms with Crippen LogP contribution in [0.3, 0.4) is 0 Å². The molecule has 0 bridgehead atoms. The molecule has 2 fully saturated rings. The van der Waals surface area contributed by atoms with Gasteiger partial charge in [-0.15, -0.1) is 0 Å². The van der Waals surface area contributed by atoms with Crippen molar-refractivity contribution in [1.29, 1.82) is 0 Å². The summed E-state index contributed by atoms with van der Waals surface area (Å²) in [5.74, 6) is -0.713. The van der Waals surface area contributed by atoms with Crippen molar-refractivity contribution in [3.05, 3.63) is 35.5 Å². The molecular formula is C27H38F3N7O4S. The maximum atomic E-state index is 13.8. The fraction of sp³-hybridized carbons (Fsp3) is 0.593. The Hall–Kier alpha value is -3.17. The van der Waals surface area contributed by atoms with Crippen molar-refractivity contribution in [3.8, 4) is 5.75 Å². The molecule has 4 rings (SSSR count). The lowest BCUT2D eigenvalue weighted by molar-refractivity contribution is -0.137. The lowest BCUT2D eigenvalue weighted by atomic mass is 9.87. The fourth-order valence-electron chi connectivity index (χ4n) is 5.40. The first kappa shape index (κ1) is 31.8. The number of sulfonamides is 1. The Balaban J connectivity index is 1.50. The predicted octanol–water partition coefficient (Wildman–Crippen LogP) is 3.59. The quantitative estimate of drug-likeness (QED) is 0.317. The summed E-state index contributed by atoms with van der Waals surface area (Å²) in [6.45, 7) is 1.81. The maximum absolute atomic E-state index is 13.8. The summed E-state index contributed by atoms with van der Waals surface area (Å²) < 4.78 is 73.3. The van der Waals surface area contributed by atoms with Crippen LogP contribution in [-0.2, 0) is 16.2 Å². The first-order valence-corrected chi connectivity index (χ1v) is 15.6. The number of ether oxygens (including phenoxy) is 1. The summed E-state index contributed by atoms with van der Waals surface area (Å²) in [6, 6.07) is 4.43. The number of anilines is 3. The summed E-state index contributed by atoms with van der Waals surface area (Å²) in [7, 11) is 1.36. The molecular weight excluding hydrogens is 575 g/mol. The lowest BCUT2D eigenvalue weighted by Crippen LogP contribution is -2.43. The van der Waals surface area contributed by atoms with Gasteiger partial charge in [0.2, 0.25) is 16.0 Å². The summed E-state index contributed by atoms with van der Waals surface area (Å²) in [6.07, 6.45) is 0.0369. The van der Waals surface area contributed by atoms with E-state index in [0.717, 1.165) is 25.9 Å². The van der Waals surface area contributed by atoms with E-state index in [-0.39, 0.29) is 29.6 Å². The van der Waals surface area contributed by atoms with Crippen LogP contribution in [0.2, 0.25) is 0 Å². The number of halogens is 3. The number of likely N-dealkylation sites (tertiary alicyclic amines) is 1. The highest BCUT2D eigenvalue weighted by Gasteiger charge is 2.36. The monoisotopic (exact) mass is 613 g/mol. The van der Waals surface area contributed by atoms with E-state index < -0.39 is 33.6 Å². The van der Waals surface area contributed by atoms with Crippen LogP contribution in [0.4, 0.5) is 30.6 Å². The second-order valence-electron chi connectivity index (χ2n) is 10.9. The van der Waals surface area contributed by atoms with Crippen LogP contribution in [-0.4, -0.2) is 81.3 Å². The topological polar surface area (TPSA) is 138 Å². The third kappa shape index (κ3) is 8.44. The van der Waals surface area contributed by atoms with Gasteiger partial charge >= 0.3 is 6.18 Å². The number of hydrogen-bond donors (Lipinski definition) is 4. The summed E-state index contributed by atoms with van der Waals surface area (Å²) in [4.78, 5) is 23.1. The molecule has 42 heavy (non-hydrogen) atoms. The van der Waals surface area contributed by atoms with Gasteiger partial charge in [-0.25, -0.2) is 18.1 Å². The molecule has 1 saturated carbocycles. The van der Waals surface area contributed by atoms with Crippen molar-refractivity contribution in [3.63, 3.8) is 0 Å². The van der Waals surface area contributed by atoms with Gasteiger partial charge < -0.3 is 25.6 Å². The number of benzene rings is 1. The van der Waals surface area contributed by atoms with Crippen LogP contribution in [0.15, 0.2) is 24.4 Å². The molecule has 1 aliphatic carbocycles. The number of hydrogen-bond acceptors (Lipinski definition) is 9. The van der Waals surface area contributed by atoms with E-state index in [2.05, 4.69) is 35.5 Å². The first-order valence-electron chi connectivity index (χ1n) is 13.9. The molecule has 1 amide bonds. The summed E-state index contributed by atoms with van der Waals surface area (Å²) in [5.41, 5.74) is -0.265. The largest absolute Gasteiger partial charge is 0.495 e. The molecule has 1 saturated heterocycles. The second kappa shape index (κ2) is 13.4. The van der Waals surface area contributed by atoms with E-state index in [9.17, 15) is 26.4 Å². The van der Waals surface area contributed by atoms with Crippen LogP contribution in [0.25, 0.3) is 0 Å². The Morgan fingerprint density at radius 1 is 1.14 bits per heavy atom. The van der Waals surface area contributed by atoms with Crippen LogP contribution >= 0.6 is 0 Å². The Kier molecular flexibility index (Phi) is 10.1. The molecule has 2 aliphatic rings. The number of methoxy groups -OCH3 is 1. The first-order chi connectivity index (χ1) is 19.9. The Bertz CT molecular complexity index is 1350. The third-order valence-electron chi connectivity index (χ3n) is 7.75. The van der Waals surface area contributed by atoms with E-state index in [1.165, 1.54) is 14.2 Å². The molecule has 15 heteroatoms. The SMILES string of the molecule is CNS(=O)(=O)CC1CCCC(Nc2nc(Nc3ccc(C(=O)NC4CCN(C)CC4)cc3OC)ncc2C(F)(F)F)C1. The van der Waals surface area contributed by atoms with Crippen molar-refractivity contribution in [2.45, 2.75) is 56.8 Å². The van der Waals surface area contributed by atoms with E-state index in [4.69, 9.17) is 4.74 Å². The van der Waals surface area contributed by atoms with Crippen LogP contribution in [0.1, 0.15) is 54.4 Å². The van der Waals surface area contributed by atoms with Crippen LogP contribution in [0.5, 0.6) is 5.75 Å². The Morgan fingerprint density at radius 2 is 1.88 bits per heavy atom. The second-order valence-corrected chi connectivity index (χ2v) is 12.9. The van der Waals surface area contributed by atoms with Crippen molar-refractivity contribution >= 4 is 33.4 Å². The van der Waals surface area contributed by atoms with Gasteiger partial charge in [-0.2, -0.15) is 18.2 Å². The number of rotatable bonds is 10. The highest BCUT2D eigenvalue weighted by atomic mass is 32.2. The van der Waals surface area contributed by atoms with E-state index in [0.29, 0.717) is 48.9 Å². The molecule has 1 aliphatic heterocycles. The smallest absolute Gasteiger partial charge is 0.421 e. The molecule has 1 aromatic heterocycles. The zero-order valence-corrected chi connectivity index (χ0v) is 24.7. The Morgan fingerprint density at radius 3 is 2.55 bits per heavy atom. The molecule has 4 N–H and O–H groups in total. The number of nitrogens with zero attached hydrogens (tertiary/aromatic N) is 3. The zero-order valence-electron chi connectivity index (χ0n) is 23.9. The van der Waals surface area contributed by atoms with Crippen molar-refractivity contribution in [2.75, 3.05) is 50.7 Å². The number of aromatic nitrogens is 2. The zero-order chi connectivity index (χ0) is 30.5. The average Bonchev–Trinajstić information content (AvgIpc) is 2.94. The van der Waals surface area contributed by atoms with Crippen molar-refractivity contribution in [1.82, 2.24) is 24.9 Å². The molecule has 11 nitrogen and oxygen atoms in total. The van der Waals surface area contributed by atoms with Crippen molar-refractivity contribution < 1.29 is 31.1 Å². The van der Waals surface area contributed by atoms with Gasteiger partial charge in [-0.1, -0.05) is 6.42 Å². The highest BCUT2D eigenvalue weighted by Crippen LogP contribution is 2.37. The van der Waals surface area contributed by atoms with Crippen molar-refractivity contribution in [2.24, 2.45) is 5.92 Å². The molecule has 0 spiro atoms. The summed E-state index contributed by atoms with van der Waals surface area (Å²) >= 11 is 0. The predicted molar refractivity (Wildman–Crippen MR) is 154 cm³/mol. The average molecular weight is 614 g/mol. The van der Waals surface area contributed by atoms with Crippen LogP contribution < -0.4 is 25.4 Å². The minimum atomic E-state index is -4.70. The van der Waals surface area contributed by atoms with Gasteiger partial charge in [-0.05, 0) is 83.4 Å². The van der Waals surface area contributed by atoms with Crippen LogP contribution in [0, 0.1) is 5.92 Å². The number of carbonyl (C=O) groups excluding carboxylic acids is 1. The van der Waals surface area contributed by atoms with E-state index in [1.807, 2.05) is 7.05 Å². The van der Waals surface area contributed by atoms with Gasteiger partial charge in [0.15, 0.2) is 0 Å². The standard InChI is InChI=1S/C27H38F3N7O4S/c1-31-42(39,40)16-17-5-4-6-20(13-17)33-24-21(27(28,29)30)15-32-26(36-24)35-22-8-7-18(14-23(22)41-3)25(38)34-19-9-11-37(2)12-10-19/h7-8,14-15,17,19-20,31H,4-6,9-13,16H2,1-3H3,(H,34,38)(H2,32,33,35,36). The number of carbonyl (C=O) groups is 1. The minimum Gasteiger partial charge on any atom is -0.495 e. The Labute approximate surface area is 244 Å². The van der Waals surface area contributed by atoms with E-state index in [1.54, 1.807) is 18.2 Å². The minimum absolute atomic E-state index is 0.0797.